The first kappa shape index (κ1) is 12.0. The van der Waals surface area contributed by atoms with Crippen LogP contribution in [-0.4, -0.2) is 28.6 Å². The summed E-state index contributed by atoms with van der Waals surface area (Å²) in [6, 6.07) is 0. The van der Waals surface area contributed by atoms with E-state index >= 15 is 0 Å². The monoisotopic (exact) mass is 232 g/mol. The molecule has 1 aliphatic carbocycles. The maximum Gasteiger partial charge on any atom is 0.133 e. The van der Waals surface area contributed by atoms with E-state index in [9.17, 15) is 5.11 Å². The second-order valence-electron chi connectivity index (χ2n) is 3.27. The van der Waals surface area contributed by atoms with Crippen molar-refractivity contribution in [2.75, 3.05) is 12.5 Å². The minimum Gasteiger partial charge on any atom is -0.399 e. The number of hydrogen-bond acceptors (Lipinski definition) is 5. The molecule has 0 spiro atoms. The quantitative estimate of drug-likeness (QED) is 0.616. The number of nitrogens with two attached hydrogens (primary N) is 2. The minimum atomic E-state index is -0.878. The van der Waals surface area contributed by atoms with Crippen LogP contribution in [0.4, 0.5) is 0 Å². The topological polar surface area (TPSA) is 72.3 Å². The maximum atomic E-state index is 9.94. The molecule has 0 amide bonds. The first-order chi connectivity index (χ1) is 6.47. The minimum absolute atomic E-state index is 0.565. The van der Waals surface area contributed by atoms with Crippen LogP contribution in [0.2, 0.25) is 0 Å². The van der Waals surface area contributed by atoms with Crippen molar-refractivity contribution in [1.29, 1.82) is 0 Å². The van der Waals surface area contributed by atoms with Gasteiger partial charge < -0.3 is 16.6 Å². The van der Waals surface area contributed by atoms with E-state index < -0.39 is 11.0 Å². The van der Waals surface area contributed by atoms with E-state index in [1.165, 1.54) is 11.8 Å². The van der Waals surface area contributed by atoms with Gasteiger partial charge in [-0.2, -0.15) is 0 Å². The van der Waals surface area contributed by atoms with Gasteiger partial charge in [0.25, 0.3) is 0 Å². The Balaban J connectivity index is 3.22. The summed E-state index contributed by atoms with van der Waals surface area (Å²) < 4.78 is 0. The van der Waals surface area contributed by atoms with Gasteiger partial charge in [0.1, 0.15) is 11.0 Å². The van der Waals surface area contributed by atoms with Gasteiger partial charge >= 0.3 is 0 Å². The summed E-state index contributed by atoms with van der Waals surface area (Å²) in [5.74, 6) is 0. The van der Waals surface area contributed by atoms with Crippen molar-refractivity contribution >= 4 is 23.5 Å². The van der Waals surface area contributed by atoms with Crippen LogP contribution in [0.1, 0.15) is 6.92 Å². The molecule has 0 aromatic heterocycles. The van der Waals surface area contributed by atoms with Crippen molar-refractivity contribution in [2.45, 2.75) is 17.9 Å². The van der Waals surface area contributed by atoms with Crippen LogP contribution in [0.15, 0.2) is 22.3 Å². The Kier molecular flexibility index (Phi) is 3.58. The molecule has 0 saturated carbocycles. The standard InChI is InChI=1S/C9H16N2OS2/c1-5-4-6(13-2)7(10)9(11,14-3)8(5)12/h4,8,12H,10-11H2,1-3H3. The van der Waals surface area contributed by atoms with E-state index in [-0.39, 0.29) is 0 Å². The zero-order chi connectivity index (χ0) is 10.9. The Morgan fingerprint density at radius 1 is 1.50 bits per heavy atom. The predicted octanol–water partition coefficient (Wildman–Crippen LogP) is 0.859. The molecule has 1 rings (SSSR count). The van der Waals surface area contributed by atoms with Crippen molar-refractivity contribution in [3.05, 3.63) is 22.3 Å². The third kappa shape index (κ3) is 1.69. The third-order valence-electron chi connectivity index (χ3n) is 2.44. The van der Waals surface area contributed by atoms with Crippen LogP contribution in [0.25, 0.3) is 0 Å². The molecule has 0 heterocycles. The normalized spacial score (nSPS) is 33.2. The Labute approximate surface area is 93.0 Å². The smallest absolute Gasteiger partial charge is 0.133 e. The molecule has 0 aromatic carbocycles. The van der Waals surface area contributed by atoms with Gasteiger partial charge in [-0.25, -0.2) is 0 Å². The summed E-state index contributed by atoms with van der Waals surface area (Å²) in [5.41, 5.74) is 13.4. The lowest BCUT2D eigenvalue weighted by Crippen LogP contribution is -2.54. The van der Waals surface area contributed by atoms with Crippen molar-refractivity contribution < 1.29 is 5.11 Å². The van der Waals surface area contributed by atoms with Crippen LogP contribution in [0, 0.1) is 0 Å². The van der Waals surface area contributed by atoms with Crippen LogP contribution in [0.3, 0.4) is 0 Å². The molecule has 0 radical (unpaired) electrons. The first-order valence-corrected chi connectivity index (χ1v) is 6.66. The highest BCUT2D eigenvalue weighted by atomic mass is 32.2. The summed E-state index contributed by atoms with van der Waals surface area (Å²) in [5, 5.41) is 9.94. The zero-order valence-electron chi connectivity index (χ0n) is 8.57. The van der Waals surface area contributed by atoms with Crippen LogP contribution in [-0.2, 0) is 0 Å². The Morgan fingerprint density at radius 2 is 2.07 bits per heavy atom. The fourth-order valence-corrected chi connectivity index (χ4v) is 2.93. The Hall–Kier alpha value is -0.100. The molecular formula is C9H16N2OS2. The highest BCUT2D eigenvalue weighted by molar-refractivity contribution is 8.03. The van der Waals surface area contributed by atoms with Gasteiger partial charge in [-0.3, -0.25) is 0 Å². The molecular weight excluding hydrogens is 216 g/mol. The molecule has 5 N–H and O–H groups in total. The Bertz CT molecular complexity index is 301. The molecule has 80 valence electrons. The molecule has 2 unspecified atom stereocenters. The van der Waals surface area contributed by atoms with Gasteiger partial charge in [0.05, 0.1) is 5.70 Å². The van der Waals surface area contributed by atoms with E-state index in [0.29, 0.717) is 5.70 Å². The van der Waals surface area contributed by atoms with Gasteiger partial charge in [-0.15, -0.1) is 23.5 Å². The van der Waals surface area contributed by atoms with Gasteiger partial charge in [0.2, 0.25) is 0 Å². The summed E-state index contributed by atoms with van der Waals surface area (Å²) in [7, 11) is 0. The molecule has 0 aliphatic heterocycles. The molecule has 1 aliphatic rings. The Morgan fingerprint density at radius 3 is 2.50 bits per heavy atom. The fraction of sp³-hybridized carbons (Fsp3) is 0.556. The van der Waals surface area contributed by atoms with E-state index in [4.69, 9.17) is 11.5 Å². The predicted molar refractivity (Wildman–Crippen MR) is 64.9 cm³/mol. The van der Waals surface area contributed by atoms with E-state index in [2.05, 4.69) is 0 Å². The van der Waals surface area contributed by atoms with Crippen LogP contribution >= 0.6 is 23.5 Å². The second kappa shape index (κ2) is 4.18. The second-order valence-corrected chi connectivity index (χ2v) is 5.20. The molecule has 2 atom stereocenters. The summed E-state index contributed by atoms with van der Waals surface area (Å²) in [6.07, 6.45) is 5.00. The van der Waals surface area contributed by atoms with Crippen molar-refractivity contribution in [3.8, 4) is 0 Å². The molecule has 5 heteroatoms. The average Bonchev–Trinajstić information content (AvgIpc) is 2.20. The molecule has 0 fully saturated rings. The summed E-state index contributed by atoms with van der Waals surface area (Å²) >= 11 is 2.93. The van der Waals surface area contributed by atoms with Crippen molar-refractivity contribution in [3.63, 3.8) is 0 Å². The van der Waals surface area contributed by atoms with E-state index in [0.717, 1.165) is 10.5 Å². The average molecular weight is 232 g/mol. The maximum absolute atomic E-state index is 9.94. The van der Waals surface area contributed by atoms with Gasteiger partial charge in [-0.05, 0) is 31.1 Å². The SMILES string of the molecule is CSC1=C(N)C(N)(SC)C(O)C(C)=C1. The fourth-order valence-electron chi connectivity index (χ4n) is 1.43. The summed E-state index contributed by atoms with van der Waals surface area (Å²) in [4.78, 5) is 0.0709. The van der Waals surface area contributed by atoms with Crippen molar-refractivity contribution in [2.24, 2.45) is 11.5 Å². The molecule has 0 aromatic rings. The number of rotatable bonds is 2. The number of aliphatic hydroxyl groups excluding tert-OH is 1. The highest BCUT2D eigenvalue weighted by Crippen LogP contribution is 2.38. The number of hydrogen-bond donors (Lipinski definition) is 3. The molecule has 0 bridgehead atoms. The highest BCUT2D eigenvalue weighted by Gasteiger charge is 2.40. The number of aliphatic hydroxyl groups is 1. The lowest BCUT2D eigenvalue weighted by atomic mass is 9.95. The van der Waals surface area contributed by atoms with Crippen molar-refractivity contribution in [1.82, 2.24) is 0 Å². The third-order valence-corrected chi connectivity index (χ3v) is 4.34. The largest absolute Gasteiger partial charge is 0.399 e. The van der Waals surface area contributed by atoms with Gasteiger partial charge in [0, 0.05) is 4.91 Å². The van der Waals surface area contributed by atoms with Crippen LogP contribution in [0.5, 0.6) is 0 Å². The first-order valence-electron chi connectivity index (χ1n) is 4.21. The van der Waals surface area contributed by atoms with E-state index in [1.54, 1.807) is 11.8 Å². The van der Waals surface area contributed by atoms with E-state index in [1.807, 2.05) is 25.5 Å². The molecule has 14 heavy (non-hydrogen) atoms. The van der Waals surface area contributed by atoms with Gasteiger partial charge in [-0.1, -0.05) is 0 Å². The van der Waals surface area contributed by atoms with Gasteiger partial charge in [0.15, 0.2) is 0 Å². The number of thioether (sulfide) groups is 2. The summed E-state index contributed by atoms with van der Waals surface area (Å²) in [6.45, 7) is 1.87. The zero-order valence-corrected chi connectivity index (χ0v) is 10.2. The lowest BCUT2D eigenvalue weighted by molar-refractivity contribution is 0.176. The number of allylic oxidation sites excluding steroid dienone is 1. The lowest BCUT2D eigenvalue weighted by Gasteiger charge is -2.37. The molecule has 0 saturated heterocycles. The molecule has 3 nitrogen and oxygen atoms in total. The van der Waals surface area contributed by atoms with Crippen LogP contribution < -0.4 is 11.5 Å².